The van der Waals surface area contributed by atoms with E-state index in [9.17, 15) is 9.59 Å². The SMILES string of the molecule is O=C(O)CC1(NC(=O)NCCCNC2CC2)CCCC1. The van der Waals surface area contributed by atoms with E-state index in [0.29, 0.717) is 12.6 Å². The van der Waals surface area contributed by atoms with Gasteiger partial charge in [0.15, 0.2) is 0 Å². The van der Waals surface area contributed by atoms with E-state index in [-0.39, 0.29) is 12.5 Å². The highest BCUT2D eigenvalue weighted by molar-refractivity contribution is 5.76. The van der Waals surface area contributed by atoms with Crippen molar-refractivity contribution in [3.63, 3.8) is 0 Å². The lowest BCUT2D eigenvalue weighted by Gasteiger charge is -2.28. The predicted octanol–water partition coefficient (Wildman–Crippen LogP) is 1.22. The molecule has 0 bridgehead atoms. The first kappa shape index (κ1) is 15.1. The number of rotatable bonds is 8. The topological polar surface area (TPSA) is 90.5 Å². The van der Waals surface area contributed by atoms with Gasteiger partial charge in [0, 0.05) is 12.6 Å². The van der Waals surface area contributed by atoms with Gasteiger partial charge in [-0.3, -0.25) is 4.79 Å². The molecular weight excluding hydrogens is 258 g/mol. The standard InChI is InChI=1S/C14H25N3O3/c18-12(19)10-14(6-1-2-7-14)17-13(20)16-9-3-8-15-11-4-5-11/h11,15H,1-10H2,(H,18,19)(H2,16,17,20). The van der Waals surface area contributed by atoms with Crippen LogP contribution >= 0.6 is 0 Å². The van der Waals surface area contributed by atoms with E-state index in [1.165, 1.54) is 12.8 Å². The van der Waals surface area contributed by atoms with Crippen LogP contribution in [0.15, 0.2) is 0 Å². The third-order valence-corrected chi connectivity index (χ3v) is 4.08. The second-order valence-electron chi connectivity index (χ2n) is 6.02. The number of carboxylic acid groups (broad SMARTS) is 1. The zero-order valence-electron chi connectivity index (χ0n) is 11.9. The Balaban J connectivity index is 1.64. The fourth-order valence-electron chi connectivity index (χ4n) is 2.86. The fraction of sp³-hybridized carbons (Fsp3) is 0.857. The second kappa shape index (κ2) is 6.92. The summed E-state index contributed by atoms with van der Waals surface area (Å²) in [5.74, 6) is -0.846. The minimum absolute atomic E-state index is 0.0175. The number of hydrogen-bond acceptors (Lipinski definition) is 3. The highest BCUT2D eigenvalue weighted by Crippen LogP contribution is 2.32. The Morgan fingerprint density at radius 3 is 2.45 bits per heavy atom. The molecule has 0 spiro atoms. The summed E-state index contributed by atoms with van der Waals surface area (Å²) in [4.78, 5) is 22.8. The zero-order chi connectivity index (χ0) is 14.4. The van der Waals surface area contributed by atoms with Crippen molar-refractivity contribution >= 4 is 12.0 Å². The van der Waals surface area contributed by atoms with Gasteiger partial charge in [-0.25, -0.2) is 4.79 Å². The molecule has 0 radical (unpaired) electrons. The van der Waals surface area contributed by atoms with Gasteiger partial charge in [0.25, 0.3) is 0 Å². The highest BCUT2D eigenvalue weighted by Gasteiger charge is 2.37. The first-order valence-electron chi connectivity index (χ1n) is 7.61. The van der Waals surface area contributed by atoms with Crippen LogP contribution in [0.1, 0.15) is 51.4 Å². The van der Waals surface area contributed by atoms with Gasteiger partial charge in [0.2, 0.25) is 0 Å². The van der Waals surface area contributed by atoms with E-state index in [2.05, 4.69) is 16.0 Å². The highest BCUT2D eigenvalue weighted by atomic mass is 16.4. The molecule has 4 N–H and O–H groups in total. The molecule has 0 atom stereocenters. The number of urea groups is 1. The van der Waals surface area contributed by atoms with Crippen molar-refractivity contribution in [1.29, 1.82) is 0 Å². The number of carboxylic acids is 1. The summed E-state index contributed by atoms with van der Waals surface area (Å²) in [6, 6.07) is 0.459. The van der Waals surface area contributed by atoms with Crippen molar-refractivity contribution in [3.8, 4) is 0 Å². The molecule has 2 aliphatic rings. The Morgan fingerprint density at radius 2 is 1.85 bits per heavy atom. The van der Waals surface area contributed by atoms with Crippen LogP contribution in [0.5, 0.6) is 0 Å². The smallest absolute Gasteiger partial charge is 0.315 e. The monoisotopic (exact) mass is 283 g/mol. The molecule has 2 fully saturated rings. The van der Waals surface area contributed by atoms with Crippen molar-refractivity contribution in [1.82, 2.24) is 16.0 Å². The molecule has 0 unspecified atom stereocenters. The maximum Gasteiger partial charge on any atom is 0.315 e. The summed E-state index contributed by atoms with van der Waals surface area (Å²) in [5.41, 5.74) is -0.540. The lowest BCUT2D eigenvalue weighted by Crippen LogP contribution is -2.51. The lowest BCUT2D eigenvalue weighted by atomic mass is 9.93. The first-order valence-corrected chi connectivity index (χ1v) is 7.61. The molecule has 0 saturated heterocycles. The van der Waals surface area contributed by atoms with Gasteiger partial charge in [-0.05, 0) is 38.6 Å². The van der Waals surface area contributed by atoms with E-state index >= 15 is 0 Å². The molecule has 6 heteroatoms. The molecule has 2 aliphatic carbocycles. The molecule has 0 heterocycles. The van der Waals surface area contributed by atoms with E-state index in [4.69, 9.17) is 5.11 Å². The van der Waals surface area contributed by atoms with Crippen LogP contribution in [0.2, 0.25) is 0 Å². The molecule has 6 nitrogen and oxygen atoms in total. The number of hydrogen-bond donors (Lipinski definition) is 4. The van der Waals surface area contributed by atoms with Crippen molar-refractivity contribution in [2.75, 3.05) is 13.1 Å². The summed E-state index contributed by atoms with van der Waals surface area (Å²) in [5, 5.41) is 18.1. The van der Waals surface area contributed by atoms with Crippen LogP contribution in [-0.2, 0) is 4.79 Å². The average Bonchev–Trinajstić information content (AvgIpc) is 3.09. The first-order chi connectivity index (χ1) is 9.60. The molecule has 0 aliphatic heterocycles. The van der Waals surface area contributed by atoms with Gasteiger partial charge in [-0.2, -0.15) is 0 Å². The van der Waals surface area contributed by atoms with Crippen LogP contribution in [0.3, 0.4) is 0 Å². The van der Waals surface area contributed by atoms with E-state index in [1.807, 2.05) is 0 Å². The molecular formula is C14H25N3O3. The van der Waals surface area contributed by atoms with Gasteiger partial charge in [-0.15, -0.1) is 0 Å². The van der Waals surface area contributed by atoms with Crippen LogP contribution in [-0.4, -0.2) is 41.8 Å². The Morgan fingerprint density at radius 1 is 1.15 bits per heavy atom. The summed E-state index contributed by atoms with van der Waals surface area (Å²) in [6.07, 6.45) is 6.94. The van der Waals surface area contributed by atoms with Gasteiger partial charge in [0.1, 0.15) is 0 Å². The van der Waals surface area contributed by atoms with Crippen molar-refractivity contribution in [2.24, 2.45) is 0 Å². The molecule has 0 aromatic heterocycles. The molecule has 0 aromatic rings. The van der Waals surface area contributed by atoms with Crippen LogP contribution in [0, 0.1) is 0 Å². The summed E-state index contributed by atoms with van der Waals surface area (Å²) < 4.78 is 0. The zero-order valence-corrected chi connectivity index (χ0v) is 11.9. The molecule has 114 valence electrons. The minimum Gasteiger partial charge on any atom is -0.481 e. The third kappa shape index (κ3) is 5.00. The molecule has 2 saturated carbocycles. The Hall–Kier alpha value is -1.30. The number of aliphatic carboxylic acids is 1. The van der Waals surface area contributed by atoms with Gasteiger partial charge in [0.05, 0.1) is 12.0 Å². The minimum atomic E-state index is -0.846. The van der Waals surface area contributed by atoms with Crippen LogP contribution in [0.4, 0.5) is 4.79 Å². The maximum absolute atomic E-state index is 11.9. The summed E-state index contributed by atoms with van der Waals surface area (Å²) in [6.45, 7) is 1.54. The van der Waals surface area contributed by atoms with Gasteiger partial charge < -0.3 is 21.1 Å². The largest absolute Gasteiger partial charge is 0.481 e. The summed E-state index contributed by atoms with van der Waals surface area (Å²) in [7, 11) is 0. The van der Waals surface area contributed by atoms with E-state index in [0.717, 1.165) is 38.6 Å². The number of carbonyl (C=O) groups excluding carboxylic acids is 1. The quantitative estimate of drug-likeness (QED) is 0.504. The molecule has 20 heavy (non-hydrogen) atoms. The number of amides is 2. The Bertz CT molecular complexity index is 350. The molecule has 0 aromatic carbocycles. The van der Waals surface area contributed by atoms with Crippen LogP contribution in [0.25, 0.3) is 0 Å². The van der Waals surface area contributed by atoms with Gasteiger partial charge in [-0.1, -0.05) is 12.8 Å². The number of nitrogens with one attached hydrogen (secondary N) is 3. The lowest BCUT2D eigenvalue weighted by molar-refractivity contribution is -0.138. The van der Waals surface area contributed by atoms with E-state index in [1.54, 1.807) is 0 Å². The molecule has 2 rings (SSSR count). The second-order valence-corrected chi connectivity index (χ2v) is 6.02. The summed E-state index contributed by atoms with van der Waals surface area (Å²) >= 11 is 0. The third-order valence-electron chi connectivity index (χ3n) is 4.08. The van der Waals surface area contributed by atoms with Crippen molar-refractivity contribution < 1.29 is 14.7 Å². The van der Waals surface area contributed by atoms with Crippen molar-refractivity contribution in [2.45, 2.75) is 62.9 Å². The van der Waals surface area contributed by atoms with Gasteiger partial charge >= 0.3 is 12.0 Å². The molecule has 2 amide bonds. The number of carbonyl (C=O) groups is 2. The normalized spacial score (nSPS) is 20.6. The van der Waals surface area contributed by atoms with E-state index < -0.39 is 11.5 Å². The average molecular weight is 283 g/mol. The Labute approximate surface area is 119 Å². The fourth-order valence-corrected chi connectivity index (χ4v) is 2.86. The van der Waals surface area contributed by atoms with Crippen molar-refractivity contribution in [3.05, 3.63) is 0 Å². The predicted molar refractivity (Wildman–Crippen MR) is 75.6 cm³/mol. The Kier molecular flexibility index (Phi) is 5.23. The van der Waals surface area contributed by atoms with Crippen LogP contribution < -0.4 is 16.0 Å². The maximum atomic E-state index is 11.9.